The first-order chi connectivity index (χ1) is 9.95. The van der Waals surface area contributed by atoms with Crippen LogP contribution in [0.3, 0.4) is 0 Å². The van der Waals surface area contributed by atoms with Gasteiger partial charge in [-0.3, -0.25) is 0 Å². The third-order valence-corrected chi connectivity index (χ3v) is 4.72. The highest BCUT2D eigenvalue weighted by atomic mass is 32.2. The maximum absolute atomic E-state index is 12.0. The van der Waals surface area contributed by atoms with E-state index in [-0.39, 0.29) is 0 Å². The zero-order valence-electron chi connectivity index (χ0n) is 12.9. The molecule has 0 aliphatic heterocycles. The van der Waals surface area contributed by atoms with E-state index in [2.05, 4.69) is 24.3 Å². The van der Waals surface area contributed by atoms with Gasteiger partial charge in [-0.25, -0.2) is 13.1 Å². The molecule has 4 heteroatoms. The summed E-state index contributed by atoms with van der Waals surface area (Å²) in [6.07, 6.45) is 7.79. The van der Waals surface area contributed by atoms with Gasteiger partial charge in [0, 0.05) is 6.54 Å². The number of hydrogen-bond donors (Lipinski definition) is 1. The summed E-state index contributed by atoms with van der Waals surface area (Å²) in [5.74, 6) is 0. The zero-order valence-corrected chi connectivity index (χ0v) is 13.7. The molecule has 0 aliphatic carbocycles. The van der Waals surface area contributed by atoms with E-state index in [0.717, 1.165) is 31.2 Å². The molecule has 0 saturated heterocycles. The van der Waals surface area contributed by atoms with Crippen molar-refractivity contribution < 1.29 is 8.42 Å². The van der Waals surface area contributed by atoms with Crippen molar-refractivity contribution in [3.8, 4) is 0 Å². The van der Waals surface area contributed by atoms with Gasteiger partial charge in [-0.15, -0.1) is 6.58 Å². The Morgan fingerprint density at radius 3 is 2.52 bits per heavy atom. The minimum absolute atomic E-state index is 0.325. The molecule has 1 rings (SSSR count). The van der Waals surface area contributed by atoms with Gasteiger partial charge in [0.15, 0.2) is 0 Å². The van der Waals surface area contributed by atoms with E-state index in [9.17, 15) is 8.42 Å². The van der Waals surface area contributed by atoms with Gasteiger partial charge in [0.1, 0.15) is 0 Å². The van der Waals surface area contributed by atoms with Crippen LogP contribution in [0.2, 0.25) is 0 Å². The summed E-state index contributed by atoms with van der Waals surface area (Å²) in [4.78, 5) is 0.325. The van der Waals surface area contributed by atoms with Crippen LogP contribution in [0.4, 0.5) is 0 Å². The molecule has 0 unspecified atom stereocenters. The molecule has 0 aromatic heterocycles. The van der Waals surface area contributed by atoms with Crippen molar-refractivity contribution in [1.82, 2.24) is 4.72 Å². The minimum atomic E-state index is -3.38. The summed E-state index contributed by atoms with van der Waals surface area (Å²) >= 11 is 0. The van der Waals surface area contributed by atoms with E-state index in [1.54, 1.807) is 24.3 Å². The Kier molecular flexibility index (Phi) is 7.40. The SMILES string of the molecule is C=CCC/C(C)=C/CCCNS(=O)(=O)c1ccc(C)cc1. The van der Waals surface area contributed by atoms with E-state index in [1.807, 2.05) is 13.0 Å². The lowest BCUT2D eigenvalue weighted by Gasteiger charge is -2.06. The Balaban J connectivity index is 2.38. The molecule has 1 N–H and O–H groups in total. The molecule has 3 nitrogen and oxygen atoms in total. The van der Waals surface area contributed by atoms with Crippen molar-refractivity contribution in [2.45, 2.75) is 44.4 Å². The third kappa shape index (κ3) is 6.74. The van der Waals surface area contributed by atoms with Crippen molar-refractivity contribution in [3.05, 3.63) is 54.1 Å². The summed E-state index contributed by atoms with van der Waals surface area (Å²) < 4.78 is 26.7. The molecule has 0 amide bonds. The quantitative estimate of drug-likeness (QED) is 0.554. The molecule has 0 aliphatic rings. The fourth-order valence-corrected chi connectivity index (χ4v) is 2.96. The number of nitrogens with one attached hydrogen (secondary N) is 1. The van der Waals surface area contributed by atoms with Gasteiger partial charge in [0.25, 0.3) is 0 Å². The molecule has 1 aromatic rings. The summed E-state index contributed by atoms with van der Waals surface area (Å²) in [5, 5.41) is 0. The van der Waals surface area contributed by atoms with Crippen LogP contribution < -0.4 is 4.72 Å². The number of aryl methyl sites for hydroxylation is 1. The number of unbranched alkanes of at least 4 members (excludes halogenated alkanes) is 1. The van der Waals surface area contributed by atoms with Gasteiger partial charge < -0.3 is 0 Å². The van der Waals surface area contributed by atoms with E-state index in [0.29, 0.717) is 11.4 Å². The predicted octanol–water partition coefficient (Wildman–Crippen LogP) is 3.97. The summed E-state index contributed by atoms with van der Waals surface area (Å²) in [5.41, 5.74) is 2.38. The maximum atomic E-state index is 12.0. The van der Waals surface area contributed by atoms with E-state index in [1.165, 1.54) is 5.57 Å². The Morgan fingerprint density at radius 1 is 1.24 bits per heavy atom. The highest BCUT2D eigenvalue weighted by molar-refractivity contribution is 7.89. The van der Waals surface area contributed by atoms with Crippen LogP contribution in [0, 0.1) is 6.92 Å². The van der Waals surface area contributed by atoms with E-state index in [4.69, 9.17) is 0 Å². The molecule has 0 bridgehead atoms. The Labute approximate surface area is 128 Å². The van der Waals surface area contributed by atoms with Gasteiger partial charge in [0.05, 0.1) is 4.90 Å². The first-order valence-corrected chi connectivity index (χ1v) is 8.77. The highest BCUT2D eigenvalue weighted by Crippen LogP contribution is 2.10. The zero-order chi connectivity index (χ0) is 15.7. The fourth-order valence-electron chi connectivity index (χ4n) is 1.89. The van der Waals surface area contributed by atoms with Crippen molar-refractivity contribution in [1.29, 1.82) is 0 Å². The van der Waals surface area contributed by atoms with Crippen LogP contribution in [-0.2, 0) is 10.0 Å². The van der Waals surface area contributed by atoms with Gasteiger partial charge in [0.2, 0.25) is 10.0 Å². The number of allylic oxidation sites excluding steroid dienone is 3. The smallest absolute Gasteiger partial charge is 0.211 e. The third-order valence-electron chi connectivity index (χ3n) is 3.24. The molecule has 116 valence electrons. The number of hydrogen-bond acceptors (Lipinski definition) is 2. The van der Waals surface area contributed by atoms with Crippen molar-refractivity contribution >= 4 is 10.0 Å². The predicted molar refractivity (Wildman–Crippen MR) is 88.8 cm³/mol. The summed E-state index contributed by atoms with van der Waals surface area (Å²) in [6, 6.07) is 6.88. The van der Waals surface area contributed by atoms with Crippen LogP contribution in [-0.4, -0.2) is 15.0 Å². The molecule has 0 saturated carbocycles. The van der Waals surface area contributed by atoms with Crippen LogP contribution in [0.1, 0.15) is 38.2 Å². The van der Waals surface area contributed by atoms with Crippen molar-refractivity contribution in [2.24, 2.45) is 0 Å². The van der Waals surface area contributed by atoms with Gasteiger partial charge in [-0.05, 0) is 51.7 Å². The lowest BCUT2D eigenvalue weighted by atomic mass is 10.1. The van der Waals surface area contributed by atoms with Gasteiger partial charge >= 0.3 is 0 Å². The summed E-state index contributed by atoms with van der Waals surface area (Å²) in [6.45, 7) is 8.19. The standard InChI is InChI=1S/C17H25NO2S/c1-4-5-8-15(2)9-6-7-14-18-21(19,20)17-12-10-16(3)11-13-17/h4,9-13,18H,1,5-8,14H2,2-3H3/b15-9+. The van der Waals surface area contributed by atoms with Crippen LogP contribution >= 0.6 is 0 Å². The van der Waals surface area contributed by atoms with Crippen LogP contribution in [0.15, 0.2) is 53.5 Å². The van der Waals surface area contributed by atoms with E-state index >= 15 is 0 Å². The molecular weight excluding hydrogens is 282 g/mol. The largest absolute Gasteiger partial charge is 0.240 e. The average molecular weight is 307 g/mol. The van der Waals surface area contributed by atoms with Gasteiger partial charge in [-0.1, -0.05) is 35.4 Å². The number of benzene rings is 1. The highest BCUT2D eigenvalue weighted by Gasteiger charge is 2.12. The molecule has 0 atom stereocenters. The first-order valence-electron chi connectivity index (χ1n) is 7.28. The second-order valence-electron chi connectivity index (χ2n) is 5.23. The fraction of sp³-hybridized carbons (Fsp3) is 0.412. The monoisotopic (exact) mass is 307 g/mol. The molecule has 1 aromatic carbocycles. The second-order valence-corrected chi connectivity index (χ2v) is 7.00. The molecule has 0 radical (unpaired) electrons. The Hall–Kier alpha value is -1.39. The first kappa shape index (κ1) is 17.7. The normalized spacial score (nSPS) is 12.4. The molecular formula is C17H25NO2S. The minimum Gasteiger partial charge on any atom is -0.211 e. The second kappa shape index (κ2) is 8.80. The van der Waals surface area contributed by atoms with Crippen molar-refractivity contribution in [3.63, 3.8) is 0 Å². The van der Waals surface area contributed by atoms with Gasteiger partial charge in [-0.2, -0.15) is 0 Å². The molecule has 0 fully saturated rings. The molecule has 21 heavy (non-hydrogen) atoms. The average Bonchev–Trinajstić information content (AvgIpc) is 2.45. The Morgan fingerprint density at radius 2 is 1.90 bits per heavy atom. The van der Waals surface area contributed by atoms with Crippen LogP contribution in [0.5, 0.6) is 0 Å². The lowest BCUT2D eigenvalue weighted by Crippen LogP contribution is -2.24. The van der Waals surface area contributed by atoms with E-state index < -0.39 is 10.0 Å². The Bertz CT molecular complexity index is 571. The maximum Gasteiger partial charge on any atom is 0.240 e. The molecule has 0 heterocycles. The molecule has 0 spiro atoms. The number of rotatable bonds is 9. The lowest BCUT2D eigenvalue weighted by molar-refractivity contribution is 0.579. The van der Waals surface area contributed by atoms with Crippen molar-refractivity contribution in [2.75, 3.05) is 6.54 Å². The van der Waals surface area contributed by atoms with Crippen LogP contribution in [0.25, 0.3) is 0 Å². The topological polar surface area (TPSA) is 46.2 Å². The summed E-state index contributed by atoms with van der Waals surface area (Å²) in [7, 11) is -3.38. The number of sulfonamides is 1.